The van der Waals surface area contributed by atoms with E-state index in [2.05, 4.69) is 15.8 Å². The lowest BCUT2D eigenvalue weighted by Gasteiger charge is -2.14. The molecule has 0 spiro atoms. The van der Waals surface area contributed by atoms with Crippen LogP contribution >= 0.6 is 0 Å². The second-order valence-electron chi connectivity index (χ2n) is 5.72. The summed E-state index contributed by atoms with van der Waals surface area (Å²) in [6, 6.07) is 20.3. The molecule has 0 aliphatic carbocycles. The number of hydrogen-bond donors (Lipinski definition) is 3. The molecule has 3 aromatic carbocycles. The number of anilines is 1. The molecule has 0 radical (unpaired) electrons. The Morgan fingerprint density at radius 2 is 1.76 bits per heavy atom. The number of hydrogen-bond acceptors (Lipinski definition) is 4. The molecule has 3 rings (SSSR count). The van der Waals surface area contributed by atoms with Crippen LogP contribution in [0, 0.1) is 0 Å². The van der Waals surface area contributed by atoms with Crippen molar-refractivity contribution in [3.8, 4) is 5.75 Å². The van der Waals surface area contributed by atoms with Crippen molar-refractivity contribution in [1.82, 2.24) is 5.43 Å². The van der Waals surface area contributed by atoms with Gasteiger partial charge in [-0.25, -0.2) is 5.43 Å². The molecule has 0 saturated heterocycles. The van der Waals surface area contributed by atoms with Crippen molar-refractivity contribution in [2.45, 2.75) is 13.0 Å². The summed E-state index contributed by atoms with van der Waals surface area (Å²) in [6.07, 6.45) is 1.41. The van der Waals surface area contributed by atoms with Crippen molar-refractivity contribution >= 4 is 28.6 Å². The van der Waals surface area contributed by atoms with Crippen LogP contribution in [0.15, 0.2) is 71.8 Å². The van der Waals surface area contributed by atoms with E-state index in [1.807, 2.05) is 42.5 Å². The minimum Gasteiger partial charge on any atom is -0.507 e. The highest BCUT2D eigenvalue weighted by Gasteiger charge is 2.11. The highest BCUT2D eigenvalue weighted by Crippen LogP contribution is 2.19. The van der Waals surface area contributed by atoms with E-state index >= 15 is 0 Å². The van der Waals surface area contributed by atoms with Gasteiger partial charge >= 0.3 is 0 Å². The number of hydrazone groups is 1. The summed E-state index contributed by atoms with van der Waals surface area (Å²) in [4.78, 5) is 12.1. The molecule has 0 aliphatic rings. The zero-order chi connectivity index (χ0) is 17.6. The number of aromatic hydroxyl groups is 1. The number of carbonyl (C=O) groups excluding carboxylic acids is 1. The van der Waals surface area contributed by atoms with E-state index in [0.29, 0.717) is 5.56 Å². The van der Waals surface area contributed by atoms with Gasteiger partial charge in [0.15, 0.2) is 0 Å². The quantitative estimate of drug-likeness (QED) is 0.494. The van der Waals surface area contributed by atoms with Crippen LogP contribution in [-0.4, -0.2) is 23.3 Å². The third-order valence-electron chi connectivity index (χ3n) is 3.84. The zero-order valence-electron chi connectivity index (χ0n) is 13.8. The number of phenolic OH excluding ortho intramolecular Hbond substituents is 1. The van der Waals surface area contributed by atoms with Crippen LogP contribution in [0.1, 0.15) is 12.5 Å². The van der Waals surface area contributed by atoms with E-state index in [4.69, 9.17) is 0 Å². The van der Waals surface area contributed by atoms with Gasteiger partial charge in [-0.3, -0.25) is 4.79 Å². The monoisotopic (exact) mass is 333 g/mol. The first-order chi connectivity index (χ1) is 12.1. The Morgan fingerprint density at radius 1 is 1.04 bits per heavy atom. The molecule has 3 N–H and O–H groups in total. The second kappa shape index (κ2) is 7.49. The number of rotatable bonds is 5. The molecule has 0 fully saturated rings. The molecule has 1 unspecified atom stereocenters. The summed E-state index contributed by atoms with van der Waals surface area (Å²) in [7, 11) is 0. The summed E-state index contributed by atoms with van der Waals surface area (Å²) in [5, 5.41) is 19.0. The summed E-state index contributed by atoms with van der Waals surface area (Å²) in [6.45, 7) is 1.76. The number of nitrogens with one attached hydrogen (secondary N) is 2. The minimum absolute atomic E-state index is 0.114. The maximum atomic E-state index is 12.1. The first kappa shape index (κ1) is 16.5. The largest absolute Gasteiger partial charge is 0.507 e. The fourth-order valence-corrected chi connectivity index (χ4v) is 2.45. The lowest BCUT2D eigenvalue weighted by Crippen LogP contribution is -2.34. The van der Waals surface area contributed by atoms with Crippen molar-refractivity contribution in [3.05, 3.63) is 72.3 Å². The number of amides is 1. The van der Waals surface area contributed by atoms with Gasteiger partial charge in [0.25, 0.3) is 5.91 Å². The van der Waals surface area contributed by atoms with Crippen molar-refractivity contribution in [1.29, 1.82) is 0 Å². The van der Waals surface area contributed by atoms with Crippen LogP contribution in [0.4, 0.5) is 5.69 Å². The Balaban J connectivity index is 1.61. The number of phenols is 1. The van der Waals surface area contributed by atoms with E-state index in [-0.39, 0.29) is 11.7 Å². The second-order valence-corrected chi connectivity index (χ2v) is 5.72. The van der Waals surface area contributed by atoms with Crippen LogP contribution < -0.4 is 10.7 Å². The average Bonchev–Trinajstić information content (AvgIpc) is 2.63. The minimum atomic E-state index is -0.456. The van der Waals surface area contributed by atoms with Crippen molar-refractivity contribution in [2.75, 3.05) is 5.32 Å². The highest BCUT2D eigenvalue weighted by atomic mass is 16.3. The topological polar surface area (TPSA) is 73.7 Å². The molecule has 0 saturated carbocycles. The van der Waals surface area contributed by atoms with E-state index in [1.165, 1.54) is 6.21 Å². The van der Waals surface area contributed by atoms with Crippen molar-refractivity contribution in [3.63, 3.8) is 0 Å². The molecule has 5 nitrogen and oxygen atoms in total. The standard InChI is InChI=1S/C20H19N3O2/c1-14(20(25)23-21-13-17-8-4-5-9-19(17)24)22-18-11-10-15-6-2-3-7-16(15)12-18/h2-14,22,24H,1H3,(H,23,25). The molecule has 126 valence electrons. The third-order valence-corrected chi connectivity index (χ3v) is 3.84. The molecular weight excluding hydrogens is 314 g/mol. The Hall–Kier alpha value is -3.34. The highest BCUT2D eigenvalue weighted by molar-refractivity contribution is 5.89. The summed E-state index contributed by atoms with van der Waals surface area (Å²) in [5.41, 5.74) is 3.88. The average molecular weight is 333 g/mol. The van der Waals surface area contributed by atoms with Gasteiger partial charge in [-0.1, -0.05) is 42.5 Å². The Kier molecular flexibility index (Phi) is 4.95. The number of benzene rings is 3. The normalized spacial score (nSPS) is 12.2. The van der Waals surface area contributed by atoms with Crippen LogP contribution in [-0.2, 0) is 4.79 Å². The van der Waals surface area contributed by atoms with Gasteiger partial charge in [0, 0.05) is 11.3 Å². The maximum absolute atomic E-state index is 12.1. The number of fused-ring (bicyclic) bond motifs is 1. The lowest BCUT2D eigenvalue weighted by molar-refractivity contribution is -0.121. The fraction of sp³-hybridized carbons (Fsp3) is 0.100. The van der Waals surface area contributed by atoms with Crippen molar-refractivity contribution in [2.24, 2.45) is 5.10 Å². The number of para-hydroxylation sites is 1. The predicted octanol–water partition coefficient (Wildman–Crippen LogP) is 3.50. The van der Waals surface area contributed by atoms with Gasteiger partial charge in [0.1, 0.15) is 11.8 Å². The summed E-state index contributed by atoms with van der Waals surface area (Å²) in [5.74, 6) is -0.150. The van der Waals surface area contributed by atoms with E-state index in [1.54, 1.807) is 31.2 Å². The molecule has 0 heterocycles. The van der Waals surface area contributed by atoms with Gasteiger partial charge in [-0.15, -0.1) is 0 Å². The van der Waals surface area contributed by atoms with Gasteiger partial charge in [0.05, 0.1) is 6.21 Å². The maximum Gasteiger partial charge on any atom is 0.262 e. The summed E-state index contributed by atoms with van der Waals surface area (Å²) >= 11 is 0. The van der Waals surface area contributed by atoms with E-state index < -0.39 is 6.04 Å². The summed E-state index contributed by atoms with van der Waals surface area (Å²) < 4.78 is 0. The molecule has 1 amide bonds. The van der Waals surface area contributed by atoms with Gasteiger partial charge in [0.2, 0.25) is 0 Å². The Morgan fingerprint density at radius 3 is 2.56 bits per heavy atom. The smallest absolute Gasteiger partial charge is 0.262 e. The molecule has 0 bridgehead atoms. The van der Waals surface area contributed by atoms with Crippen LogP contribution in [0.5, 0.6) is 5.75 Å². The third kappa shape index (κ3) is 4.14. The molecule has 3 aromatic rings. The Labute approximate surface area is 146 Å². The fourth-order valence-electron chi connectivity index (χ4n) is 2.45. The molecule has 5 heteroatoms. The van der Waals surface area contributed by atoms with E-state index in [9.17, 15) is 9.90 Å². The van der Waals surface area contributed by atoms with Crippen LogP contribution in [0.3, 0.4) is 0 Å². The molecule has 25 heavy (non-hydrogen) atoms. The van der Waals surface area contributed by atoms with Crippen LogP contribution in [0.2, 0.25) is 0 Å². The lowest BCUT2D eigenvalue weighted by atomic mass is 10.1. The molecule has 0 aliphatic heterocycles. The molecular formula is C20H19N3O2. The molecule has 0 aromatic heterocycles. The van der Waals surface area contributed by atoms with Gasteiger partial charge < -0.3 is 10.4 Å². The zero-order valence-corrected chi connectivity index (χ0v) is 13.8. The number of nitrogens with zero attached hydrogens (tertiary/aromatic N) is 1. The van der Waals surface area contributed by atoms with E-state index in [0.717, 1.165) is 16.5 Å². The first-order valence-corrected chi connectivity index (χ1v) is 8.00. The first-order valence-electron chi connectivity index (χ1n) is 8.00. The number of carbonyl (C=O) groups is 1. The van der Waals surface area contributed by atoms with Gasteiger partial charge in [-0.05, 0) is 42.0 Å². The van der Waals surface area contributed by atoms with Crippen LogP contribution in [0.25, 0.3) is 10.8 Å². The molecule has 1 atom stereocenters. The van der Waals surface area contributed by atoms with Gasteiger partial charge in [-0.2, -0.15) is 5.10 Å². The SMILES string of the molecule is CC(Nc1ccc2ccccc2c1)C(=O)NN=Cc1ccccc1O. The Bertz CT molecular complexity index is 921. The predicted molar refractivity (Wildman–Crippen MR) is 101 cm³/mol. The van der Waals surface area contributed by atoms with Crippen molar-refractivity contribution < 1.29 is 9.90 Å².